The maximum Gasteiger partial charge on any atom is 1.00 e. The molecule has 2 aromatic carbocycles. The Morgan fingerprint density at radius 1 is 1.09 bits per heavy atom. The van der Waals surface area contributed by atoms with Gasteiger partial charge in [-0.1, -0.05) is 5.92 Å². The summed E-state index contributed by atoms with van der Waals surface area (Å²) in [5.74, 6) is 6.73. The third-order valence-electron chi connectivity index (χ3n) is 4.78. The summed E-state index contributed by atoms with van der Waals surface area (Å²) in [5.41, 5.74) is 1.21. The number of fused-ring (bicyclic) bond motifs is 1. The molecule has 1 aromatic heterocycles. The van der Waals surface area contributed by atoms with Crippen LogP contribution in [0, 0.1) is 11.8 Å². The van der Waals surface area contributed by atoms with Gasteiger partial charge in [0.1, 0.15) is 18.2 Å². The smallest absolute Gasteiger partial charge is 0.786 e. The van der Waals surface area contributed by atoms with Crippen LogP contribution in [0.3, 0.4) is 0 Å². The van der Waals surface area contributed by atoms with Crippen molar-refractivity contribution >= 4 is 25.3 Å². The van der Waals surface area contributed by atoms with Crippen molar-refractivity contribution in [2.75, 3.05) is 28.4 Å². The van der Waals surface area contributed by atoms with Crippen molar-refractivity contribution in [2.24, 2.45) is 0 Å². The number of carbonyl (C=O) groups excluding carboxylic acids is 1. The van der Waals surface area contributed by atoms with Gasteiger partial charge in [0.2, 0.25) is 11.5 Å². The van der Waals surface area contributed by atoms with Gasteiger partial charge in [0.05, 0.1) is 48.1 Å². The molecule has 0 spiro atoms. The number of methoxy groups -OCH3 is 4. The van der Waals surface area contributed by atoms with Crippen molar-refractivity contribution in [1.82, 2.24) is 9.78 Å². The first-order valence-corrected chi connectivity index (χ1v) is 10.7. The van der Waals surface area contributed by atoms with Crippen LogP contribution in [-0.4, -0.2) is 48.9 Å². The molecule has 1 N–H and O–H groups in total. The average Bonchev–Trinajstić information content (AvgIpc) is 3.20. The molecule has 0 amide bonds. The SMILES string of the molecule is CC#Cc1c(OC)ccc2c(C(=O)c3cc(OC)c(OC)c(OC)c3)nn(COP([O-])O)c12.[K+]. The second-order valence-electron chi connectivity index (χ2n) is 6.50. The van der Waals surface area contributed by atoms with E-state index in [2.05, 4.69) is 16.9 Å². The van der Waals surface area contributed by atoms with Gasteiger partial charge in [0.25, 0.3) is 0 Å². The molecule has 34 heavy (non-hydrogen) atoms. The number of benzene rings is 2. The topological polar surface area (TPSA) is 124 Å². The molecule has 10 nitrogen and oxygen atoms in total. The van der Waals surface area contributed by atoms with Crippen LogP contribution in [0.1, 0.15) is 28.5 Å². The second kappa shape index (κ2) is 12.8. The summed E-state index contributed by atoms with van der Waals surface area (Å²) < 4.78 is 27.6. The number of aromatic nitrogens is 2. The van der Waals surface area contributed by atoms with Gasteiger partial charge in [-0.3, -0.25) is 4.79 Å². The van der Waals surface area contributed by atoms with Crippen LogP contribution in [0.4, 0.5) is 0 Å². The number of nitrogens with zero attached hydrogens (tertiary/aromatic N) is 2. The van der Waals surface area contributed by atoms with Crippen LogP contribution in [0.15, 0.2) is 24.3 Å². The quantitative estimate of drug-likeness (QED) is 0.170. The molecule has 1 heterocycles. The van der Waals surface area contributed by atoms with Crippen LogP contribution < -0.4 is 75.2 Å². The van der Waals surface area contributed by atoms with Crippen LogP contribution in [0.2, 0.25) is 0 Å². The molecule has 0 saturated carbocycles. The Morgan fingerprint density at radius 3 is 2.21 bits per heavy atom. The minimum atomic E-state index is -2.89. The van der Waals surface area contributed by atoms with Crippen LogP contribution in [0.25, 0.3) is 10.9 Å². The average molecular weight is 512 g/mol. The number of ketones is 1. The molecule has 3 rings (SSSR count). The van der Waals surface area contributed by atoms with Crippen molar-refractivity contribution in [1.29, 1.82) is 0 Å². The van der Waals surface area contributed by atoms with E-state index in [-0.39, 0.29) is 69.4 Å². The van der Waals surface area contributed by atoms with Gasteiger partial charge in [-0.2, -0.15) is 5.10 Å². The fourth-order valence-corrected chi connectivity index (χ4v) is 3.59. The van der Waals surface area contributed by atoms with Crippen LogP contribution in [-0.2, 0) is 11.3 Å². The van der Waals surface area contributed by atoms with E-state index >= 15 is 0 Å². The monoisotopic (exact) mass is 512 g/mol. The van der Waals surface area contributed by atoms with Gasteiger partial charge in [0.15, 0.2) is 11.5 Å². The number of rotatable bonds is 9. The molecule has 3 aromatic rings. The third kappa shape index (κ3) is 5.74. The van der Waals surface area contributed by atoms with Gasteiger partial charge >= 0.3 is 51.4 Å². The minimum Gasteiger partial charge on any atom is -0.786 e. The van der Waals surface area contributed by atoms with E-state index in [0.29, 0.717) is 39.5 Å². The Hall–Kier alpha value is -1.71. The summed E-state index contributed by atoms with van der Waals surface area (Å²) in [6.07, 6.45) is 0. The first-order chi connectivity index (χ1) is 15.9. The Kier molecular flexibility index (Phi) is 10.8. The summed E-state index contributed by atoms with van der Waals surface area (Å²) in [7, 11) is 2.97. The molecule has 0 aliphatic heterocycles. The number of hydrogen-bond acceptors (Lipinski definition) is 9. The zero-order chi connectivity index (χ0) is 24.1. The number of hydrogen-bond donors (Lipinski definition) is 1. The normalized spacial score (nSPS) is 11.1. The van der Waals surface area contributed by atoms with Gasteiger partial charge in [-0.05, 0) is 31.2 Å². The zero-order valence-electron chi connectivity index (χ0n) is 19.7. The zero-order valence-corrected chi connectivity index (χ0v) is 23.7. The fourth-order valence-electron chi connectivity index (χ4n) is 3.39. The van der Waals surface area contributed by atoms with E-state index in [0.717, 1.165) is 0 Å². The predicted octanol–water partition coefficient (Wildman–Crippen LogP) is -0.769. The van der Waals surface area contributed by atoms with Crippen molar-refractivity contribution < 1.29 is 89.4 Å². The van der Waals surface area contributed by atoms with E-state index in [4.69, 9.17) is 28.4 Å². The molecule has 1 atom stereocenters. The molecule has 0 bridgehead atoms. The molecule has 0 aliphatic rings. The fraction of sp³-hybridized carbons (Fsp3) is 0.273. The van der Waals surface area contributed by atoms with Crippen molar-refractivity contribution in [3.05, 3.63) is 41.1 Å². The molecule has 0 saturated heterocycles. The summed E-state index contributed by atoms with van der Waals surface area (Å²) in [6.45, 7) is 1.28. The van der Waals surface area contributed by atoms with Gasteiger partial charge < -0.3 is 33.3 Å². The summed E-state index contributed by atoms with van der Waals surface area (Å²) in [6, 6.07) is 6.38. The standard InChI is InChI=1S/C22H22N2O8P.K/c1-6-7-14-16(28-2)9-8-15-19(23-24(20(14)15)12-32-33(26)27)21(25)13-10-17(29-3)22(31-5)18(11-13)30-4;/h8-11,26H,12H2,1-5H3;/q-1;+1. The van der Waals surface area contributed by atoms with Crippen molar-refractivity contribution in [3.8, 4) is 34.8 Å². The summed E-state index contributed by atoms with van der Waals surface area (Å²) in [4.78, 5) is 33.8. The van der Waals surface area contributed by atoms with E-state index < -0.39 is 14.4 Å². The minimum absolute atomic E-state index is 0. The van der Waals surface area contributed by atoms with E-state index in [1.807, 2.05) is 0 Å². The largest absolute Gasteiger partial charge is 1.00 e. The molecule has 12 heteroatoms. The van der Waals surface area contributed by atoms with Crippen molar-refractivity contribution in [3.63, 3.8) is 0 Å². The molecular formula is C22H22KN2O8P. The van der Waals surface area contributed by atoms with Crippen LogP contribution in [0.5, 0.6) is 23.0 Å². The van der Waals surface area contributed by atoms with Gasteiger partial charge in [0, 0.05) is 10.9 Å². The van der Waals surface area contributed by atoms with Gasteiger partial charge in [-0.15, -0.1) is 5.92 Å². The Labute approximate surface area is 240 Å². The molecular weight excluding hydrogens is 490 g/mol. The molecule has 1 unspecified atom stereocenters. The number of ether oxygens (including phenoxy) is 4. The first-order valence-electron chi connectivity index (χ1n) is 9.54. The second-order valence-corrected chi connectivity index (χ2v) is 7.24. The van der Waals surface area contributed by atoms with Crippen molar-refractivity contribution in [2.45, 2.75) is 13.7 Å². The summed E-state index contributed by atoms with van der Waals surface area (Å²) in [5, 5.41) is 4.84. The van der Waals surface area contributed by atoms with Crippen LogP contribution >= 0.6 is 8.60 Å². The Morgan fingerprint density at radius 2 is 1.71 bits per heavy atom. The number of carbonyl (C=O) groups is 1. The first kappa shape index (κ1) is 28.5. The maximum absolute atomic E-state index is 13.5. The molecule has 0 radical (unpaired) electrons. The third-order valence-corrected chi connectivity index (χ3v) is 5.11. The molecule has 174 valence electrons. The van der Waals surface area contributed by atoms with E-state index in [9.17, 15) is 9.69 Å². The summed E-state index contributed by atoms with van der Waals surface area (Å²) >= 11 is 0. The van der Waals surface area contributed by atoms with E-state index in [1.165, 1.54) is 45.3 Å². The maximum atomic E-state index is 13.5. The Bertz CT molecular complexity index is 1220. The predicted molar refractivity (Wildman–Crippen MR) is 119 cm³/mol. The van der Waals surface area contributed by atoms with E-state index in [1.54, 1.807) is 19.1 Å². The van der Waals surface area contributed by atoms with Gasteiger partial charge in [-0.25, -0.2) is 4.68 Å². The molecule has 0 aliphatic carbocycles. The Balaban J connectivity index is 0.00000408. The molecule has 0 fully saturated rings.